The topological polar surface area (TPSA) is 380 Å². The number of rotatable bonds is 85. The molecule has 0 aromatic rings. The second-order valence-corrected chi connectivity index (χ2v) is 33.8. The van der Waals surface area contributed by atoms with Gasteiger partial charge in [-0.1, -0.05) is 271 Å². The molecule has 26 nitrogen and oxygen atoms in total. The van der Waals surface area contributed by atoms with Crippen molar-refractivity contribution >= 4 is 51.2 Å². The van der Waals surface area contributed by atoms with Crippen LogP contribution in [0, 0.1) is 0 Å². The number of ether oxygens (including phenoxy) is 4. The average Bonchev–Trinajstić information content (AvgIpc) is 0.852. The second kappa shape index (κ2) is 84.1. The SMILES string of the molecule is CCCCCC/C=C/CCCC(=O)O[C@H](CCCCCCCCCCC)CC(=O)NC(COCC[C@H](O)CCCCCCC)COP(=O)(O)OCCNC(=O)[C@@H](O)[C@H](O)C(=O)NCCOP(=O)(O)OCC(COCC[C@H](O)CCCCCCC)NC(=O)C[C@@H](CCCCCCCCCCC)OC(=O)CCC/C=C/CCCCCC.[H-].[H-].[Na+].[Na+]. The fraction of sp³-hybridized carbons (Fsp3) is 0.884. The summed E-state index contributed by atoms with van der Waals surface area (Å²) in [5, 5.41) is 52.5. The summed E-state index contributed by atoms with van der Waals surface area (Å²) in [6, 6.07) is -2.03. The van der Waals surface area contributed by atoms with Crippen LogP contribution in [0.1, 0.15) is 378 Å². The van der Waals surface area contributed by atoms with Crippen molar-refractivity contribution in [1.82, 2.24) is 21.3 Å². The molecule has 0 rings (SSSR count). The van der Waals surface area contributed by atoms with Crippen molar-refractivity contribution in [3.63, 3.8) is 0 Å². The Morgan fingerprint density at radius 2 is 0.621 bits per heavy atom. The number of hydrogen-bond donors (Lipinski definition) is 10. The zero-order valence-electron chi connectivity index (χ0n) is 75.9. The fourth-order valence-corrected chi connectivity index (χ4v) is 14.4. The maximum absolute atomic E-state index is 13.8. The van der Waals surface area contributed by atoms with E-state index in [0.29, 0.717) is 51.4 Å². The first-order valence-electron chi connectivity index (χ1n) is 45.0. The molecule has 4 unspecified atom stereocenters. The Kier molecular flexibility index (Phi) is 85.9. The Morgan fingerprint density at radius 3 is 0.931 bits per heavy atom. The molecule has 4 amide bonds. The number of hydrogen-bond acceptors (Lipinski definition) is 20. The van der Waals surface area contributed by atoms with E-state index in [1.807, 2.05) is 0 Å². The molecular formula is C86H166N4Na2O22P2. The molecule has 0 aromatic carbocycles. The molecule has 10 atom stereocenters. The first-order chi connectivity index (χ1) is 55.0. The summed E-state index contributed by atoms with van der Waals surface area (Å²) in [6.07, 6.45) is 47.7. The van der Waals surface area contributed by atoms with Crippen LogP contribution in [0.5, 0.6) is 0 Å². The van der Waals surface area contributed by atoms with Gasteiger partial charge in [-0.05, 0) is 103 Å². The molecule has 0 aliphatic rings. The molecule has 10 N–H and O–H groups in total. The number of allylic oxidation sites excluding steroid dienone is 4. The van der Waals surface area contributed by atoms with Crippen molar-refractivity contribution in [2.75, 3.05) is 65.9 Å². The Morgan fingerprint density at radius 1 is 0.345 bits per heavy atom. The van der Waals surface area contributed by atoms with Crippen LogP contribution in [0.2, 0.25) is 0 Å². The number of carbonyl (C=O) groups is 6. The van der Waals surface area contributed by atoms with Gasteiger partial charge >= 0.3 is 86.7 Å². The van der Waals surface area contributed by atoms with Crippen LogP contribution in [-0.2, 0) is 74.9 Å². The number of esters is 2. The van der Waals surface area contributed by atoms with Crippen LogP contribution in [0.15, 0.2) is 24.3 Å². The van der Waals surface area contributed by atoms with E-state index < -0.39 is 139 Å². The number of nitrogens with one attached hydrogen (secondary N) is 4. The number of aliphatic hydroxyl groups is 4. The smallest absolute Gasteiger partial charge is 1.00 e. The summed E-state index contributed by atoms with van der Waals surface area (Å²) in [5.41, 5.74) is 0. The maximum atomic E-state index is 13.8. The van der Waals surface area contributed by atoms with Crippen LogP contribution >= 0.6 is 15.6 Å². The molecule has 0 fully saturated rings. The molecular weight excluding hydrogens is 1550 g/mol. The van der Waals surface area contributed by atoms with E-state index in [1.54, 1.807) is 0 Å². The number of amides is 4. The molecule has 0 aliphatic carbocycles. The van der Waals surface area contributed by atoms with Gasteiger partial charge in [-0.3, -0.25) is 46.9 Å². The average molecular weight is 1720 g/mol. The monoisotopic (exact) mass is 1720 g/mol. The molecule has 0 aromatic heterocycles. The van der Waals surface area contributed by atoms with Gasteiger partial charge in [-0.25, -0.2) is 9.13 Å². The summed E-state index contributed by atoms with van der Waals surface area (Å²) in [4.78, 5) is 101. The first kappa shape index (κ1) is 118. The first-order valence-corrected chi connectivity index (χ1v) is 48.0. The van der Waals surface area contributed by atoms with Crippen molar-refractivity contribution in [1.29, 1.82) is 0 Å². The Labute approximate surface area is 748 Å². The predicted octanol–water partition coefficient (Wildman–Crippen LogP) is 11.5. The minimum absolute atomic E-state index is 0. The van der Waals surface area contributed by atoms with Gasteiger partial charge in [-0.15, -0.1) is 0 Å². The quantitative estimate of drug-likeness (QED) is 0.00889. The third kappa shape index (κ3) is 77.1. The van der Waals surface area contributed by atoms with Gasteiger partial charge in [0.05, 0.1) is 76.8 Å². The van der Waals surface area contributed by atoms with E-state index in [1.165, 1.54) is 89.9 Å². The third-order valence-corrected chi connectivity index (χ3v) is 21.8. The zero-order chi connectivity index (χ0) is 84.2. The van der Waals surface area contributed by atoms with Crippen LogP contribution < -0.4 is 80.4 Å². The van der Waals surface area contributed by atoms with E-state index in [4.69, 9.17) is 37.0 Å². The van der Waals surface area contributed by atoms with Gasteiger partial charge in [-0.2, -0.15) is 0 Å². The van der Waals surface area contributed by atoms with E-state index in [2.05, 4.69) is 87.1 Å². The van der Waals surface area contributed by atoms with Gasteiger partial charge in [0.2, 0.25) is 11.8 Å². The largest absolute Gasteiger partial charge is 1.00 e. The van der Waals surface area contributed by atoms with Crippen molar-refractivity contribution in [2.45, 2.75) is 424 Å². The molecule has 0 saturated carbocycles. The van der Waals surface area contributed by atoms with Crippen LogP contribution in [0.25, 0.3) is 0 Å². The summed E-state index contributed by atoms with van der Waals surface area (Å²) < 4.78 is 70.8. The van der Waals surface area contributed by atoms with Gasteiger partial charge in [0.15, 0.2) is 12.2 Å². The molecule has 30 heteroatoms. The zero-order valence-corrected chi connectivity index (χ0v) is 79.7. The molecule has 0 heterocycles. The van der Waals surface area contributed by atoms with Crippen molar-refractivity contribution in [2.24, 2.45) is 0 Å². The summed E-state index contributed by atoms with van der Waals surface area (Å²) in [7, 11) is -9.85. The van der Waals surface area contributed by atoms with Crippen LogP contribution in [0.4, 0.5) is 0 Å². The normalized spacial score (nSPS) is 14.8. The number of aliphatic hydroxyl groups excluding tert-OH is 4. The number of carbonyl (C=O) groups excluding carboxylic acids is 6. The van der Waals surface area contributed by atoms with E-state index in [0.717, 1.165) is 167 Å². The molecule has 674 valence electrons. The standard InChI is InChI=1S/C86H164N4O22P2.2Na.2H/c1-7-13-19-25-29-33-37-43-49-55-77(111-81(95)57-51-45-39-35-31-27-21-15-9-3)67-79(93)89-73(69-105-63-59-75(91)53-47-41-23-17-11-5)71-109-113(101,102)107-65-61-87-85(99)83(97)84(98)86(100)88-62-66-108-114(103,104)110-72-74(70-106-64-60-76(92)54-48-42-24-18-12-6)90-80(94)68-78(56-50-44-38-34-30-26-20-14-8-2)112-82(96)58-52-46-40-36-32-28-22-16-10-4;;;;/h35-36,39-40,73-78,83-84,91-92,97-98H,7-34,37-38,41-72H2,1-6H3,(H,87,99)(H,88,100)(H,89,93)(H,90,94)(H,101,102)(H,103,104);;;;/q;2*+1;2*-1/b39-35+,40-36+;;;;/t73?,74?,75-,76-,77-,78-,83+,84+;;;;/m1..../s1. The summed E-state index contributed by atoms with van der Waals surface area (Å²) >= 11 is 0. The van der Waals surface area contributed by atoms with Gasteiger partial charge in [0.25, 0.3) is 11.8 Å². The van der Waals surface area contributed by atoms with Gasteiger partial charge in [0.1, 0.15) is 12.2 Å². The number of phosphoric acid groups is 2. The van der Waals surface area contributed by atoms with Crippen molar-refractivity contribution < 1.29 is 167 Å². The minimum atomic E-state index is -4.92. The van der Waals surface area contributed by atoms with E-state index in [-0.39, 0.29) is 114 Å². The molecule has 0 saturated heterocycles. The van der Waals surface area contributed by atoms with Gasteiger partial charge in [0, 0.05) is 39.1 Å². The molecule has 0 bridgehead atoms. The predicted molar refractivity (Wildman–Crippen MR) is 453 cm³/mol. The Bertz CT molecular complexity index is 2350. The van der Waals surface area contributed by atoms with Crippen molar-refractivity contribution in [3.8, 4) is 0 Å². The van der Waals surface area contributed by atoms with Gasteiger partial charge < -0.3 is 73.3 Å². The van der Waals surface area contributed by atoms with E-state index >= 15 is 0 Å². The minimum Gasteiger partial charge on any atom is -1.00 e. The number of unbranched alkanes of at least 4 members (excludes halogenated alkanes) is 34. The Hall–Kier alpha value is -1.72. The molecule has 116 heavy (non-hydrogen) atoms. The molecule has 0 radical (unpaired) electrons. The fourth-order valence-electron chi connectivity index (χ4n) is 12.8. The van der Waals surface area contributed by atoms with Crippen molar-refractivity contribution in [3.05, 3.63) is 24.3 Å². The van der Waals surface area contributed by atoms with Crippen LogP contribution in [0.3, 0.4) is 0 Å². The van der Waals surface area contributed by atoms with E-state index in [9.17, 15) is 68.1 Å². The van der Waals surface area contributed by atoms with Crippen LogP contribution in [-0.4, -0.2) is 180 Å². The second-order valence-electron chi connectivity index (χ2n) is 30.9. The third-order valence-electron chi connectivity index (χ3n) is 19.8. The number of phosphoric ester groups is 2. The maximum Gasteiger partial charge on any atom is 1.00 e. The Balaban J connectivity index is -0.0000106. The molecule has 0 aliphatic heterocycles. The summed E-state index contributed by atoms with van der Waals surface area (Å²) in [6.45, 7) is 9.28. The summed E-state index contributed by atoms with van der Waals surface area (Å²) in [5.74, 6) is -4.39. The molecule has 0 spiro atoms.